The van der Waals surface area contributed by atoms with E-state index in [1.54, 1.807) is 6.08 Å². The van der Waals surface area contributed by atoms with Crippen molar-refractivity contribution in [2.75, 3.05) is 25.4 Å². The number of ether oxygens (including phenoxy) is 2. The third-order valence-electron chi connectivity index (χ3n) is 6.39. The number of hydrogen-bond donors (Lipinski definition) is 1. The van der Waals surface area contributed by atoms with Crippen molar-refractivity contribution in [1.82, 2.24) is 4.57 Å². The lowest BCUT2D eigenvalue weighted by Gasteiger charge is -2.22. The zero-order valence-corrected chi connectivity index (χ0v) is 23.5. The van der Waals surface area contributed by atoms with Gasteiger partial charge in [0, 0.05) is 36.8 Å². The van der Waals surface area contributed by atoms with Crippen molar-refractivity contribution in [1.29, 1.82) is 0 Å². The number of hydrogen-bond acceptors (Lipinski definition) is 4. The first kappa shape index (κ1) is 29.9. The molecular weight excluding hydrogens is 495 g/mol. The van der Waals surface area contributed by atoms with Crippen molar-refractivity contribution in [2.24, 2.45) is 12.0 Å². The summed E-state index contributed by atoms with van der Waals surface area (Å²) in [5, 5.41) is 0. The number of rotatable bonds is 12. The van der Waals surface area contributed by atoms with Crippen molar-refractivity contribution in [3.05, 3.63) is 100 Å². The van der Waals surface area contributed by atoms with Crippen LogP contribution >= 0.6 is 0 Å². The van der Waals surface area contributed by atoms with Gasteiger partial charge in [-0.1, -0.05) is 30.4 Å². The number of aryl methyl sites for hydroxylation is 1. The molecule has 0 fully saturated rings. The molecule has 2 N–H and O–H groups in total. The molecule has 39 heavy (non-hydrogen) atoms. The molecule has 2 aromatic rings. The summed E-state index contributed by atoms with van der Waals surface area (Å²) in [6.07, 6.45) is 13.6. The first-order chi connectivity index (χ1) is 18.7. The lowest BCUT2D eigenvalue weighted by molar-refractivity contribution is 0.0389. The quantitative estimate of drug-likeness (QED) is 0.138. The molecule has 1 heterocycles. The minimum absolute atomic E-state index is 0.0416. The Morgan fingerprint density at radius 3 is 2.59 bits per heavy atom. The van der Waals surface area contributed by atoms with Crippen LogP contribution in [0.25, 0.3) is 11.6 Å². The topological polar surface area (TPSA) is 61.8 Å². The van der Waals surface area contributed by atoms with E-state index >= 15 is 0 Å². The van der Waals surface area contributed by atoms with E-state index in [1.165, 1.54) is 6.21 Å². The Kier molecular flexibility index (Phi) is 11.1. The number of nitrogens with two attached hydrogens (primary N) is 1. The summed E-state index contributed by atoms with van der Waals surface area (Å²) in [5.41, 5.74) is 14.0. The van der Waals surface area contributed by atoms with Crippen LogP contribution in [0.2, 0.25) is 0 Å². The van der Waals surface area contributed by atoms with Crippen LogP contribution < -0.4 is 5.73 Å². The molecule has 0 spiro atoms. The maximum Gasteiger partial charge on any atom is 0.559 e. The maximum atomic E-state index is 12.4. The molecule has 1 atom stereocenters. The molecule has 8 heteroatoms. The maximum absolute atomic E-state index is 12.4. The molecule has 0 aliphatic heterocycles. The average Bonchev–Trinajstić information content (AvgIpc) is 3.18. The van der Waals surface area contributed by atoms with Gasteiger partial charge >= 0.3 is 7.27 Å². The first-order valence-corrected chi connectivity index (χ1v) is 13.3. The van der Waals surface area contributed by atoms with E-state index in [1.807, 2.05) is 64.2 Å². The lowest BCUT2D eigenvalue weighted by Crippen LogP contribution is -2.20. The molecule has 1 unspecified atom stereocenters. The van der Waals surface area contributed by atoms with Gasteiger partial charge in [0.15, 0.2) is 0 Å². The monoisotopic (exact) mass is 533 g/mol. The van der Waals surface area contributed by atoms with Crippen LogP contribution in [0.15, 0.2) is 82.6 Å². The normalized spacial score (nSPS) is 16.6. The van der Waals surface area contributed by atoms with E-state index in [4.69, 9.17) is 15.2 Å². The standard InChI is InChI=1S/C31H38BF2N3O2/c1-6-38-28-17-11-24(20-29(28)39-7-2)10-16-27-19-23(4)31(37(27)5)30(25-12-14-26(35)15-13-25)22(3)9-8-18-36-21-32(33)34/h8-16,18-20,28H,6-7,17,21,35H2,1-5H3/b9-8-,16-10+,30-22+,36-18+. The molecule has 206 valence electrons. The second kappa shape index (κ2) is 14.5. The molecule has 0 saturated heterocycles. The molecule has 0 bridgehead atoms. The van der Waals surface area contributed by atoms with Crippen molar-refractivity contribution < 1.29 is 18.1 Å². The summed E-state index contributed by atoms with van der Waals surface area (Å²) < 4.78 is 38.7. The van der Waals surface area contributed by atoms with Crippen molar-refractivity contribution in [2.45, 2.75) is 40.2 Å². The van der Waals surface area contributed by atoms with Crippen LogP contribution in [0.3, 0.4) is 0 Å². The lowest BCUT2D eigenvalue weighted by atomic mass is 9.95. The minimum Gasteiger partial charge on any atom is -0.495 e. The van der Waals surface area contributed by atoms with E-state index in [0.29, 0.717) is 18.9 Å². The van der Waals surface area contributed by atoms with Crippen molar-refractivity contribution in [3.63, 3.8) is 0 Å². The summed E-state index contributed by atoms with van der Waals surface area (Å²) in [7, 11) is -0.409. The predicted molar refractivity (Wildman–Crippen MR) is 160 cm³/mol. The van der Waals surface area contributed by atoms with Crippen LogP contribution in [0.1, 0.15) is 49.7 Å². The molecule has 1 aliphatic carbocycles. The Labute approximate surface area is 231 Å². The molecule has 1 aromatic heterocycles. The molecule has 5 nitrogen and oxygen atoms in total. The van der Waals surface area contributed by atoms with E-state index in [0.717, 1.165) is 51.4 Å². The summed E-state index contributed by atoms with van der Waals surface area (Å²) >= 11 is 0. The fourth-order valence-electron chi connectivity index (χ4n) is 4.60. The summed E-state index contributed by atoms with van der Waals surface area (Å²) in [6, 6.07) is 9.91. The second-order valence-corrected chi connectivity index (χ2v) is 9.30. The van der Waals surface area contributed by atoms with Crippen LogP contribution in [-0.2, 0) is 16.5 Å². The highest BCUT2D eigenvalue weighted by atomic mass is 19.2. The van der Waals surface area contributed by atoms with Crippen LogP contribution in [0, 0.1) is 6.92 Å². The summed E-state index contributed by atoms with van der Waals surface area (Å²) in [5.74, 6) is 0.860. The van der Waals surface area contributed by atoms with Gasteiger partial charge in [-0.3, -0.25) is 13.6 Å². The van der Waals surface area contributed by atoms with Gasteiger partial charge in [-0.05, 0) is 92.8 Å². The Hall–Kier alpha value is -3.65. The number of allylic oxidation sites excluding steroid dienone is 6. The zero-order valence-electron chi connectivity index (χ0n) is 23.5. The van der Waals surface area contributed by atoms with Gasteiger partial charge in [0.05, 0.1) is 18.7 Å². The molecular formula is C31H38BF2N3O2. The molecule has 1 aromatic carbocycles. The third kappa shape index (κ3) is 8.17. The zero-order chi connectivity index (χ0) is 28.4. The van der Waals surface area contributed by atoms with Crippen molar-refractivity contribution in [3.8, 4) is 0 Å². The van der Waals surface area contributed by atoms with Crippen LogP contribution in [-0.4, -0.2) is 43.8 Å². The van der Waals surface area contributed by atoms with Gasteiger partial charge < -0.3 is 19.8 Å². The van der Waals surface area contributed by atoms with E-state index in [-0.39, 0.29) is 6.10 Å². The third-order valence-corrected chi connectivity index (χ3v) is 6.39. The number of nitrogen functional groups attached to an aromatic ring is 1. The number of aromatic nitrogens is 1. The fourth-order valence-corrected chi connectivity index (χ4v) is 4.60. The van der Waals surface area contributed by atoms with Gasteiger partial charge in [-0.2, -0.15) is 0 Å². The van der Waals surface area contributed by atoms with Gasteiger partial charge in [-0.15, -0.1) is 0 Å². The summed E-state index contributed by atoms with van der Waals surface area (Å²) in [4.78, 5) is 3.76. The number of nitrogens with zero attached hydrogens (tertiary/aromatic N) is 2. The predicted octanol–water partition coefficient (Wildman–Crippen LogP) is 7.00. The van der Waals surface area contributed by atoms with E-state index in [2.05, 4.69) is 40.8 Å². The Morgan fingerprint density at radius 1 is 1.18 bits per heavy atom. The second-order valence-electron chi connectivity index (χ2n) is 9.30. The van der Waals surface area contributed by atoms with Gasteiger partial charge in [0.1, 0.15) is 11.9 Å². The number of anilines is 1. The Morgan fingerprint density at radius 2 is 1.92 bits per heavy atom. The molecule has 0 amide bonds. The SMILES string of the molecule is CCOC1=CC(/C=C/c2cc(C)c(/C(=C(C)/C=C\C=N\CB(F)F)c3ccc(N)cc3)n2C)=CCC1OCC. The first-order valence-electron chi connectivity index (χ1n) is 13.3. The van der Waals surface area contributed by atoms with Gasteiger partial charge in [0.2, 0.25) is 0 Å². The highest BCUT2D eigenvalue weighted by Crippen LogP contribution is 2.33. The average molecular weight is 533 g/mol. The highest BCUT2D eigenvalue weighted by Gasteiger charge is 2.20. The number of benzene rings is 1. The summed E-state index contributed by atoms with van der Waals surface area (Å²) in [6.45, 7) is 9.30. The van der Waals surface area contributed by atoms with E-state index in [9.17, 15) is 8.63 Å². The van der Waals surface area contributed by atoms with Gasteiger partial charge in [-0.25, -0.2) is 0 Å². The molecule has 0 saturated carbocycles. The minimum atomic E-state index is -2.45. The molecule has 0 radical (unpaired) electrons. The van der Waals surface area contributed by atoms with E-state index < -0.39 is 13.7 Å². The highest BCUT2D eigenvalue weighted by molar-refractivity contribution is 6.43. The largest absolute Gasteiger partial charge is 0.559 e. The number of halogens is 2. The van der Waals surface area contributed by atoms with Crippen molar-refractivity contribution >= 4 is 30.8 Å². The van der Waals surface area contributed by atoms with Crippen LogP contribution in [0.4, 0.5) is 14.3 Å². The fraction of sp³-hybridized carbons (Fsp3) is 0.323. The Bertz CT molecular complexity index is 1300. The van der Waals surface area contributed by atoms with Gasteiger partial charge in [0.25, 0.3) is 0 Å². The number of aliphatic imine (C=N–C) groups is 1. The Balaban J connectivity index is 1.98. The van der Waals surface area contributed by atoms with Crippen LogP contribution in [0.5, 0.6) is 0 Å². The smallest absolute Gasteiger partial charge is 0.495 e. The molecule has 1 aliphatic rings. The molecule has 3 rings (SSSR count).